The normalized spacial score (nSPS) is 10.6. The molecule has 88 valence electrons. The summed E-state index contributed by atoms with van der Waals surface area (Å²) in [4.78, 5) is 0. The lowest BCUT2D eigenvalue weighted by Crippen LogP contribution is -1.85. The Morgan fingerprint density at radius 1 is 0.882 bits per heavy atom. The van der Waals surface area contributed by atoms with E-state index < -0.39 is 0 Å². The lowest BCUT2D eigenvalue weighted by Gasteiger charge is -2.08. The van der Waals surface area contributed by atoms with E-state index in [2.05, 4.69) is 15.9 Å². The molecule has 0 nitrogen and oxygen atoms in total. The van der Waals surface area contributed by atoms with E-state index >= 15 is 0 Å². The maximum atomic E-state index is 6.16. The van der Waals surface area contributed by atoms with E-state index in [-0.39, 0.29) is 0 Å². The van der Waals surface area contributed by atoms with Gasteiger partial charge in [0.25, 0.3) is 0 Å². The number of benzene rings is 2. The maximum absolute atomic E-state index is 6.16. The summed E-state index contributed by atoms with van der Waals surface area (Å²) < 4.78 is 0. The van der Waals surface area contributed by atoms with Gasteiger partial charge in [-0.15, -0.1) is 0 Å². The summed E-state index contributed by atoms with van der Waals surface area (Å²) in [5.74, 6) is 0. The van der Waals surface area contributed by atoms with Crippen LogP contribution in [0.15, 0.2) is 36.4 Å². The van der Waals surface area contributed by atoms with Gasteiger partial charge in [-0.25, -0.2) is 0 Å². The Kier molecular flexibility index (Phi) is 4.37. The van der Waals surface area contributed by atoms with E-state index in [0.29, 0.717) is 15.4 Å². The molecule has 0 fully saturated rings. The van der Waals surface area contributed by atoms with E-state index in [1.165, 1.54) is 0 Å². The zero-order valence-corrected chi connectivity index (χ0v) is 12.5. The predicted octanol–water partition coefficient (Wildman–Crippen LogP) is 6.21. The van der Waals surface area contributed by atoms with Crippen molar-refractivity contribution in [3.63, 3.8) is 0 Å². The Morgan fingerprint density at radius 3 is 2.29 bits per heavy atom. The van der Waals surface area contributed by atoms with Gasteiger partial charge < -0.3 is 0 Å². The first-order valence-electron chi connectivity index (χ1n) is 4.91. The van der Waals surface area contributed by atoms with Crippen molar-refractivity contribution in [2.45, 2.75) is 5.33 Å². The second-order valence-corrected chi connectivity index (χ2v) is 5.38. The first-order valence-corrected chi connectivity index (χ1v) is 7.17. The molecule has 2 rings (SSSR count). The van der Waals surface area contributed by atoms with Crippen molar-refractivity contribution in [1.82, 2.24) is 0 Å². The largest absolute Gasteiger partial charge is 0.0876 e. The summed E-state index contributed by atoms with van der Waals surface area (Å²) in [6, 6.07) is 11.2. The third-order valence-electron chi connectivity index (χ3n) is 2.43. The van der Waals surface area contributed by atoms with Gasteiger partial charge in [0.05, 0.1) is 0 Å². The average Bonchev–Trinajstić information content (AvgIpc) is 2.33. The molecule has 0 aliphatic rings. The summed E-state index contributed by atoms with van der Waals surface area (Å²) in [7, 11) is 0. The first kappa shape index (κ1) is 13.2. The Labute approximate surface area is 124 Å². The van der Waals surface area contributed by atoms with Crippen LogP contribution in [-0.4, -0.2) is 0 Å². The van der Waals surface area contributed by atoms with Gasteiger partial charge >= 0.3 is 0 Å². The SMILES string of the molecule is Clc1ccc(Cl)c(-c2ccc(Cl)c(CBr)c2)c1. The predicted molar refractivity (Wildman–Crippen MR) is 79.5 cm³/mol. The minimum absolute atomic E-state index is 0.666. The molecule has 0 aromatic heterocycles. The first-order chi connectivity index (χ1) is 8.11. The molecule has 0 N–H and O–H groups in total. The maximum Gasteiger partial charge on any atom is 0.0485 e. The fourth-order valence-corrected chi connectivity index (χ4v) is 2.77. The van der Waals surface area contributed by atoms with Gasteiger partial charge in [-0.2, -0.15) is 0 Å². The minimum atomic E-state index is 0.666. The highest BCUT2D eigenvalue weighted by Gasteiger charge is 2.07. The molecule has 0 aliphatic heterocycles. The zero-order chi connectivity index (χ0) is 12.4. The third-order valence-corrected chi connectivity index (χ3v) is 3.97. The van der Waals surface area contributed by atoms with Gasteiger partial charge in [-0.05, 0) is 41.5 Å². The Morgan fingerprint density at radius 2 is 1.59 bits per heavy atom. The summed E-state index contributed by atoms with van der Waals surface area (Å²) in [5, 5.41) is 2.79. The molecule has 0 unspecified atom stereocenters. The highest BCUT2D eigenvalue weighted by molar-refractivity contribution is 9.08. The Bertz CT molecular complexity index is 552. The van der Waals surface area contributed by atoms with Crippen LogP contribution in [0.5, 0.6) is 0 Å². The number of rotatable bonds is 2. The lowest BCUT2D eigenvalue weighted by molar-refractivity contribution is 1.43. The Balaban J connectivity index is 2.56. The summed E-state index contributed by atoms with van der Waals surface area (Å²) >= 11 is 21.6. The topological polar surface area (TPSA) is 0 Å². The second kappa shape index (κ2) is 5.62. The number of halogens is 4. The van der Waals surface area contributed by atoms with Crippen LogP contribution < -0.4 is 0 Å². The van der Waals surface area contributed by atoms with Crippen molar-refractivity contribution in [2.75, 3.05) is 0 Å². The van der Waals surface area contributed by atoms with Gasteiger partial charge in [0.15, 0.2) is 0 Å². The Hall–Kier alpha value is -0.210. The highest BCUT2D eigenvalue weighted by Crippen LogP contribution is 2.33. The van der Waals surface area contributed by atoms with Crippen molar-refractivity contribution < 1.29 is 0 Å². The molecule has 0 aliphatic carbocycles. The standard InChI is InChI=1S/C13H8BrCl3/c14-7-9-5-8(1-3-12(9)16)11-6-10(15)2-4-13(11)17/h1-6H,7H2. The lowest BCUT2D eigenvalue weighted by atomic mass is 10.0. The fraction of sp³-hybridized carbons (Fsp3) is 0.0769. The highest BCUT2D eigenvalue weighted by atomic mass is 79.9. The van der Waals surface area contributed by atoms with Crippen LogP contribution in [0.3, 0.4) is 0 Å². The fourth-order valence-electron chi connectivity index (χ4n) is 1.56. The third kappa shape index (κ3) is 2.97. The second-order valence-electron chi connectivity index (χ2n) is 3.56. The van der Waals surface area contributed by atoms with Crippen LogP contribution in [-0.2, 0) is 5.33 Å². The molecule has 0 heterocycles. The molecule has 0 saturated heterocycles. The van der Waals surface area contributed by atoms with Gasteiger partial charge in [0.1, 0.15) is 0 Å². The van der Waals surface area contributed by atoms with Gasteiger partial charge in [-0.3, -0.25) is 0 Å². The van der Waals surface area contributed by atoms with Crippen LogP contribution >= 0.6 is 50.7 Å². The molecule has 2 aromatic rings. The van der Waals surface area contributed by atoms with E-state index in [1.807, 2.05) is 24.3 Å². The molecule has 0 amide bonds. The molecule has 0 radical (unpaired) electrons. The molecular formula is C13H8BrCl3. The van der Waals surface area contributed by atoms with Gasteiger partial charge in [0.2, 0.25) is 0 Å². The van der Waals surface area contributed by atoms with Crippen LogP contribution in [0.25, 0.3) is 11.1 Å². The van der Waals surface area contributed by atoms with Crippen LogP contribution in [0.1, 0.15) is 5.56 Å². The zero-order valence-electron chi connectivity index (χ0n) is 8.68. The average molecular weight is 350 g/mol. The van der Waals surface area contributed by atoms with Crippen molar-refractivity contribution in [3.05, 3.63) is 57.0 Å². The molecular weight excluding hydrogens is 342 g/mol. The van der Waals surface area contributed by atoms with Crippen LogP contribution in [0.4, 0.5) is 0 Å². The van der Waals surface area contributed by atoms with Crippen molar-refractivity contribution in [3.8, 4) is 11.1 Å². The van der Waals surface area contributed by atoms with E-state index in [9.17, 15) is 0 Å². The molecule has 0 spiro atoms. The van der Waals surface area contributed by atoms with Gasteiger partial charge in [0, 0.05) is 26.0 Å². The van der Waals surface area contributed by atoms with Gasteiger partial charge in [-0.1, -0.05) is 56.8 Å². The van der Waals surface area contributed by atoms with Crippen molar-refractivity contribution in [2.24, 2.45) is 0 Å². The van der Waals surface area contributed by atoms with E-state index in [4.69, 9.17) is 34.8 Å². The van der Waals surface area contributed by atoms with Crippen LogP contribution in [0.2, 0.25) is 15.1 Å². The molecule has 0 saturated carbocycles. The van der Waals surface area contributed by atoms with Crippen molar-refractivity contribution in [1.29, 1.82) is 0 Å². The quantitative estimate of drug-likeness (QED) is 0.565. The summed E-state index contributed by atoms with van der Waals surface area (Å²) in [5.41, 5.74) is 2.95. The number of hydrogen-bond acceptors (Lipinski definition) is 0. The molecule has 17 heavy (non-hydrogen) atoms. The smallest absolute Gasteiger partial charge is 0.0485 e. The number of hydrogen-bond donors (Lipinski definition) is 0. The van der Waals surface area contributed by atoms with Crippen molar-refractivity contribution >= 4 is 50.7 Å². The molecule has 4 heteroatoms. The monoisotopic (exact) mass is 348 g/mol. The van der Waals surface area contributed by atoms with Crippen LogP contribution in [0, 0.1) is 0 Å². The molecule has 0 atom stereocenters. The molecule has 2 aromatic carbocycles. The van der Waals surface area contributed by atoms with E-state index in [0.717, 1.165) is 21.7 Å². The number of alkyl halides is 1. The summed E-state index contributed by atoms with van der Waals surface area (Å²) in [6.45, 7) is 0. The minimum Gasteiger partial charge on any atom is -0.0876 e. The summed E-state index contributed by atoms with van der Waals surface area (Å²) in [6.07, 6.45) is 0. The van der Waals surface area contributed by atoms with E-state index in [1.54, 1.807) is 12.1 Å². The molecule has 0 bridgehead atoms.